The van der Waals surface area contributed by atoms with E-state index in [4.69, 9.17) is 4.74 Å². The molecule has 1 aliphatic rings. The van der Waals surface area contributed by atoms with Crippen LogP contribution in [0.2, 0.25) is 0 Å². The SMILES string of the molecule is Cc1ccc(C(=O)Nc2ccc(NC(=O)C3CO3)c(CF)c2)cc1Nc1nccc(-c2cccnc2)n1. The van der Waals surface area contributed by atoms with Gasteiger partial charge in [-0.05, 0) is 61.0 Å². The minimum absolute atomic E-state index is 0.253. The number of rotatable bonds is 8. The number of aromatic nitrogens is 3. The van der Waals surface area contributed by atoms with E-state index in [1.54, 1.807) is 48.9 Å². The van der Waals surface area contributed by atoms with Crippen LogP contribution in [0.25, 0.3) is 11.3 Å². The smallest absolute Gasteiger partial charge is 0.255 e. The van der Waals surface area contributed by atoms with Gasteiger partial charge in [-0.2, -0.15) is 0 Å². The van der Waals surface area contributed by atoms with Gasteiger partial charge in [0.2, 0.25) is 5.95 Å². The van der Waals surface area contributed by atoms with Crippen molar-refractivity contribution in [2.24, 2.45) is 0 Å². The van der Waals surface area contributed by atoms with Crippen molar-refractivity contribution < 1.29 is 18.7 Å². The summed E-state index contributed by atoms with van der Waals surface area (Å²) >= 11 is 0. The number of aryl methyl sites for hydroxylation is 1. The van der Waals surface area contributed by atoms with E-state index in [1.165, 1.54) is 6.07 Å². The van der Waals surface area contributed by atoms with E-state index in [9.17, 15) is 14.0 Å². The summed E-state index contributed by atoms with van der Waals surface area (Å²) in [6, 6.07) is 15.4. The van der Waals surface area contributed by atoms with E-state index in [-0.39, 0.29) is 17.4 Å². The molecule has 37 heavy (non-hydrogen) atoms. The molecule has 2 aromatic heterocycles. The highest BCUT2D eigenvalue weighted by Crippen LogP contribution is 2.25. The number of pyridine rings is 1. The van der Waals surface area contributed by atoms with Crippen molar-refractivity contribution in [2.45, 2.75) is 19.7 Å². The van der Waals surface area contributed by atoms with E-state index in [0.717, 1.165) is 11.1 Å². The number of hydrogen-bond donors (Lipinski definition) is 3. The number of amides is 2. The average Bonchev–Trinajstić information content (AvgIpc) is 3.77. The van der Waals surface area contributed by atoms with Crippen LogP contribution in [-0.2, 0) is 16.2 Å². The summed E-state index contributed by atoms with van der Waals surface area (Å²) in [6.45, 7) is 1.46. The van der Waals surface area contributed by atoms with Crippen LogP contribution >= 0.6 is 0 Å². The van der Waals surface area contributed by atoms with Crippen LogP contribution in [0, 0.1) is 6.92 Å². The Bertz CT molecular complexity index is 1460. The fraction of sp³-hybridized carbons (Fsp3) is 0.148. The predicted octanol–water partition coefficient (Wildman–Crippen LogP) is 4.65. The second-order valence-electron chi connectivity index (χ2n) is 8.43. The van der Waals surface area contributed by atoms with Crippen molar-refractivity contribution in [3.8, 4) is 11.3 Å². The van der Waals surface area contributed by atoms with E-state index in [1.807, 2.05) is 25.1 Å². The molecule has 3 heterocycles. The van der Waals surface area contributed by atoms with Crippen molar-refractivity contribution in [3.63, 3.8) is 0 Å². The number of alkyl halides is 1. The molecule has 0 radical (unpaired) electrons. The van der Waals surface area contributed by atoms with E-state index >= 15 is 0 Å². The van der Waals surface area contributed by atoms with Crippen LogP contribution in [0.4, 0.5) is 27.4 Å². The van der Waals surface area contributed by atoms with Gasteiger partial charge < -0.3 is 20.7 Å². The van der Waals surface area contributed by atoms with Gasteiger partial charge in [0, 0.05) is 52.3 Å². The van der Waals surface area contributed by atoms with Gasteiger partial charge in [0.25, 0.3) is 11.8 Å². The Labute approximate surface area is 212 Å². The normalized spacial score (nSPS) is 14.1. The molecule has 2 aromatic carbocycles. The highest BCUT2D eigenvalue weighted by molar-refractivity contribution is 6.05. The van der Waals surface area contributed by atoms with Crippen molar-refractivity contribution in [1.82, 2.24) is 15.0 Å². The summed E-state index contributed by atoms with van der Waals surface area (Å²) in [5.41, 5.74) is 4.52. The lowest BCUT2D eigenvalue weighted by Crippen LogP contribution is -2.19. The number of benzene rings is 2. The van der Waals surface area contributed by atoms with Gasteiger partial charge >= 0.3 is 0 Å². The van der Waals surface area contributed by atoms with Gasteiger partial charge in [0.15, 0.2) is 6.10 Å². The lowest BCUT2D eigenvalue weighted by molar-refractivity contribution is -0.117. The second-order valence-corrected chi connectivity index (χ2v) is 8.43. The zero-order valence-electron chi connectivity index (χ0n) is 19.9. The molecule has 10 heteroatoms. The van der Waals surface area contributed by atoms with Crippen LogP contribution in [0.3, 0.4) is 0 Å². The third-order valence-corrected chi connectivity index (χ3v) is 5.75. The molecule has 2 amide bonds. The van der Waals surface area contributed by atoms with Gasteiger partial charge in [-0.15, -0.1) is 0 Å². The maximum absolute atomic E-state index is 13.6. The summed E-state index contributed by atoms with van der Waals surface area (Å²) in [5, 5.41) is 8.60. The lowest BCUT2D eigenvalue weighted by atomic mass is 10.1. The molecule has 1 saturated heterocycles. The standard InChI is InChI=1S/C27H23FN6O3/c1-16-4-5-17(12-23(16)34-27-30-10-8-22(33-27)18-3-2-9-29-14-18)25(35)31-20-6-7-21(19(11-20)13-28)32-26(36)24-15-37-24/h2-12,14,24H,13,15H2,1H3,(H,31,35)(H,32,36)(H,30,33,34). The Hall–Kier alpha value is -4.70. The highest BCUT2D eigenvalue weighted by atomic mass is 19.1. The Morgan fingerprint density at radius 2 is 1.92 bits per heavy atom. The lowest BCUT2D eigenvalue weighted by Gasteiger charge is -2.13. The minimum atomic E-state index is -0.804. The summed E-state index contributed by atoms with van der Waals surface area (Å²) in [4.78, 5) is 37.9. The Balaban J connectivity index is 1.31. The number of hydrogen-bond acceptors (Lipinski definition) is 7. The first kappa shape index (κ1) is 24.0. The first-order valence-corrected chi connectivity index (χ1v) is 11.5. The third kappa shape index (κ3) is 5.76. The predicted molar refractivity (Wildman–Crippen MR) is 137 cm³/mol. The number of halogens is 1. The number of carbonyl (C=O) groups excluding carboxylic acids is 2. The molecule has 1 unspecified atom stereocenters. The van der Waals surface area contributed by atoms with E-state index < -0.39 is 12.8 Å². The molecule has 3 N–H and O–H groups in total. The molecular formula is C27H23FN6O3. The van der Waals surface area contributed by atoms with E-state index in [0.29, 0.717) is 40.9 Å². The molecule has 0 spiro atoms. The molecule has 1 aliphatic heterocycles. The number of ether oxygens (including phenoxy) is 1. The average molecular weight is 499 g/mol. The molecular weight excluding hydrogens is 475 g/mol. The molecule has 1 fully saturated rings. The van der Waals surface area contributed by atoms with E-state index in [2.05, 4.69) is 30.9 Å². The molecule has 4 aromatic rings. The number of nitrogens with one attached hydrogen (secondary N) is 3. The van der Waals surface area contributed by atoms with Crippen molar-refractivity contribution >= 4 is 34.8 Å². The van der Waals surface area contributed by atoms with Crippen LogP contribution in [0.15, 0.2) is 73.2 Å². The van der Waals surface area contributed by atoms with Crippen LogP contribution in [0.5, 0.6) is 0 Å². The van der Waals surface area contributed by atoms with Gasteiger partial charge in [-0.25, -0.2) is 14.4 Å². The van der Waals surface area contributed by atoms with Gasteiger partial charge in [-0.3, -0.25) is 14.6 Å². The quantitative estimate of drug-likeness (QED) is 0.302. The molecule has 0 bridgehead atoms. The van der Waals surface area contributed by atoms with Gasteiger partial charge in [0.1, 0.15) is 6.67 Å². The molecule has 1 atom stereocenters. The fourth-order valence-electron chi connectivity index (χ4n) is 3.63. The van der Waals surface area contributed by atoms with Crippen LogP contribution < -0.4 is 16.0 Å². The summed E-state index contributed by atoms with van der Waals surface area (Å²) < 4.78 is 18.6. The van der Waals surface area contributed by atoms with Crippen molar-refractivity contribution in [2.75, 3.05) is 22.6 Å². The fourth-order valence-corrected chi connectivity index (χ4v) is 3.63. The Morgan fingerprint density at radius 1 is 1.05 bits per heavy atom. The molecule has 5 rings (SSSR count). The Kier molecular flexibility index (Phi) is 6.82. The minimum Gasteiger partial charge on any atom is -0.363 e. The third-order valence-electron chi connectivity index (χ3n) is 5.75. The number of anilines is 4. The summed E-state index contributed by atoms with van der Waals surface area (Å²) in [7, 11) is 0. The van der Waals surface area contributed by atoms with Crippen molar-refractivity contribution in [3.05, 3.63) is 89.9 Å². The molecule has 186 valence electrons. The maximum atomic E-state index is 13.6. The second kappa shape index (κ2) is 10.5. The molecule has 0 aliphatic carbocycles. The monoisotopic (exact) mass is 498 g/mol. The zero-order chi connectivity index (χ0) is 25.8. The number of carbonyl (C=O) groups is 2. The number of nitrogens with zero attached hydrogens (tertiary/aromatic N) is 3. The first-order valence-electron chi connectivity index (χ1n) is 11.5. The highest BCUT2D eigenvalue weighted by Gasteiger charge is 2.31. The maximum Gasteiger partial charge on any atom is 0.255 e. The number of epoxide rings is 1. The van der Waals surface area contributed by atoms with Gasteiger partial charge in [-0.1, -0.05) is 6.07 Å². The summed E-state index contributed by atoms with van der Waals surface area (Å²) in [6.07, 6.45) is 4.58. The van der Waals surface area contributed by atoms with Crippen LogP contribution in [0.1, 0.15) is 21.5 Å². The Morgan fingerprint density at radius 3 is 2.68 bits per heavy atom. The van der Waals surface area contributed by atoms with Crippen molar-refractivity contribution in [1.29, 1.82) is 0 Å². The topological polar surface area (TPSA) is 121 Å². The van der Waals surface area contributed by atoms with Gasteiger partial charge in [0.05, 0.1) is 12.3 Å². The molecule has 0 saturated carbocycles. The summed E-state index contributed by atoms with van der Waals surface area (Å²) in [5.74, 6) is -0.314. The largest absolute Gasteiger partial charge is 0.363 e. The zero-order valence-corrected chi connectivity index (χ0v) is 19.9. The van der Waals surface area contributed by atoms with Crippen LogP contribution in [-0.4, -0.2) is 39.5 Å². The first-order chi connectivity index (χ1) is 18.0. The molecule has 9 nitrogen and oxygen atoms in total.